The number of methoxy groups -OCH3 is 2. The molecule has 0 amide bonds. The molecule has 2 nitrogen and oxygen atoms in total. The zero-order valence-electron chi connectivity index (χ0n) is 19.1. The number of ether oxygens (including phenoxy) is 2. The van der Waals surface area contributed by atoms with E-state index in [1.807, 2.05) is 12.1 Å². The standard InChI is InChI=1S/C13H13O2.C13H9.C3H6.Zr/c1-14-11-7-8-12(13(9-11)15-2)10-5-3-4-6-10;1-3-7-12-10(5-1)9-11-6-2-4-8-13(11)12;1-3-2;/h3,5,7-9H,4H2,1-2H3;1-9H;1-2H3;. The van der Waals surface area contributed by atoms with Gasteiger partial charge in [-0.15, -0.1) is 0 Å². The van der Waals surface area contributed by atoms with Crippen LogP contribution in [0.2, 0.25) is 0 Å². The summed E-state index contributed by atoms with van der Waals surface area (Å²) in [4.78, 5) is 0. The van der Waals surface area contributed by atoms with Crippen LogP contribution in [0.3, 0.4) is 0 Å². The minimum absolute atomic E-state index is 0.518. The normalized spacial score (nSPS) is 14.4. The molecule has 0 unspecified atom stereocenters. The van der Waals surface area contributed by atoms with E-state index in [1.165, 1.54) is 33.4 Å². The molecule has 3 heteroatoms. The molecule has 0 N–H and O–H groups in total. The van der Waals surface area contributed by atoms with Crippen LogP contribution in [0.5, 0.6) is 11.5 Å². The number of hydrogen-bond acceptors (Lipinski definition) is 2. The summed E-state index contributed by atoms with van der Waals surface area (Å²) in [5.74, 6) is 1.71. The Labute approximate surface area is 198 Å². The van der Waals surface area contributed by atoms with Crippen molar-refractivity contribution in [3.05, 3.63) is 98.9 Å². The Hall–Kier alpha value is -2.51. The van der Waals surface area contributed by atoms with E-state index in [0.717, 1.165) is 17.9 Å². The Bertz CT molecular complexity index is 1250. The molecule has 0 bridgehead atoms. The zero-order chi connectivity index (χ0) is 22.2. The Kier molecular flexibility index (Phi) is 5.86. The molecular weight excluding hydrogens is 472 g/mol. The zero-order valence-corrected chi connectivity index (χ0v) is 21.6. The SMILES string of the molecule is COc1ccc(C2=[C]([Zr](=[C](C)C)[CH]3c4ccccc4-c4ccccc43)CC=C2)c(OC)c1. The van der Waals surface area contributed by atoms with Crippen molar-refractivity contribution in [1.82, 2.24) is 0 Å². The maximum atomic E-state index is 5.79. The summed E-state index contributed by atoms with van der Waals surface area (Å²) in [6, 6.07) is 24.3. The second-order valence-electron chi connectivity index (χ2n) is 8.59. The van der Waals surface area contributed by atoms with E-state index in [0.29, 0.717) is 3.63 Å². The first-order chi connectivity index (χ1) is 15.6. The number of hydrogen-bond donors (Lipinski definition) is 0. The van der Waals surface area contributed by atoms with Gasteiger partial charge in [-0.2, -0.15) is 0 Å². The first-order valence-electron chi connectivity index (χ1n) is 11.1. The number of fused-ring (bicyclic) bond motifs is 3. The molecule has 32 heavy (non-hydrogen) atoms. The van der Waals surface area contributed by atoms with Crippen LogP contribution in [0.25, 0.3) is 16.7 Å². The van der Waals surface area contributed by atoms with Gasteiger partial charge < -0.3 is 0 Å². The Morgan fingerprint density at radius 1 is 0.812 bits per heavy atom. The molecule has 0 heterocycles. The molecule has 5 rings (SSSR count). The molecule has 0 aromatic heterocycles. The molecule has 0 spiro atoms. The molecule has 0 atom stereocenters. The summed E-state index contributed by atoms with van der Waals surface area (Å²) in [6.07, 6.45) is 5.70. The third kappa shape index (κ3) is 3.48. The molecule has 0 radical (unpaired) electrons. The van der Waals surface area contributed by atoms with E-state index in [4.69, 9.17) is 9.47 Å². The van der Waals surface area contributed by atoms with Crippen molar-refractivity contribution >= 4 is 8.78 Å². The van der Waals surface area contributed by atoms with Gasteiger partial charge in [-0.05, 0) is 0 Å². The minimum atomic E-state index is -2.28. The fourth-order valence-corrected chi connectivity index (χ4v) is 13.9. The number of benzene rings is 3. The first kappa shape index (κ1) is 21.3. The quantitative estimate of drug-likeness (QED) is 0.377. The summed E-state index contributed by atoms with van der Waals surface area (Å²) in [7, 11) is 3.45. The molecule has 0 saturated heterocycles. The summed E-state index contributed by atoms with van der Waals surface area (Å²) in [5.41, 5.74) is 8.41. The third-order valence-electron chi connectivity index (χ3n) is 6.62. The number of allylic oxidation sites excluding steroid dienone is 4. The van der Waals surface area contributed by atoms with Crippen LogP contribution in [-0.2, 0) is 21.3 Å². The monoisotopic (exact) mass is 498 g/mol. The van der Waals surface area contributed by atoms with Crippen molar-refractivity contribution in [2.75, 3.05) is 14.2 Å². The van der Waals surface area contributed by atoms with Crippen LogP contribution in [0.4, 0.5) is 0 Å². The van der Waals surface area contributed by atoms with Crippen LogP contribution in [0.1, 0.15) is 40.6 Å². The van der Waals surface area contributed by atoms with Gasteiger partial charge in [0, 0.05) is 0 Å². The third-order valence-corrected chi connectivity index (χ3v) is 15.0. The van der Waals surface area contributed by atoms with Crippen molar-refractivity contribution in [2.45, 2.75) is 23.9 Å². The van der Waals surface area contributed by atoms with Crippen LogP contribution >= 0.6 is 0 Å². The van der Waals surface area contributed by atoms with Crippen LogP contribution in [-0.4, -0.2) is 17.4 Å². The van der Waals surface area contributed by atoms with Crippen LogP contribution < -0.4 is 9.47 Å². The fraction of sp³-hybridized carbons (Fsp3) is 0.207. The molecule has 3 aromatic rings. The van der Waals surface area contributed by atoms with Crippen molar-refractivity contribution < 1.29 is 30.7 Å². The molecule has 2 aliphatic rings. The summed E-state index contributed by atoms with van der Waals surface area (Å²) < 4.78 is 15.0. The van der Waals surface area contributed by atoms with Gasteiger partial charge in [0.2, 0.25) is 0 Å². The van der Waals surface area contributed by atoms with Crippen molar-refractivity contribution in [3.8, 4) is 22.6 Å². The van der Waals surface area contributed by atoms with E-state index < -0.39 is 21.3 Å². The van der Waals surface area contributed by atoms with E-state index in [2.05, 4.69) is 80.6 Å². The van der Waals surface area contributed by atoms with Gasteiger partial charge >= 0.3 is 199 Å². The van der Waals surface area contributed by atoms with Gasteiger partial charge in [-0.25, -0.2) is 0 Å². The van der Waals surface area contributed by atoms with E-state index in [1.54, 1.807) is 20.7 Å². The Balaban J connectivity index is 1.72. The molecular formula is C29H28O2Zr. The first-order valence-corrected chi connectivity index (χ1v) is 15.0. The van der Waals surface area contributed by atoms with E-state index in [-0.39, 0.29) is 0 Å². The maximum absolute atomic E-state index is 5.79. The van der Waals surface area contributed by atoms with Gasteiger partial charge in [0.1, 0.15) is 0 Å². The van der Waals surface area contributed by atoms with Crippen LogP contribution in [0.15, 0.2) is 82.2 Å². The Morgan fingerprint density at radius 2 is 1.47 bits per heavy atom. The second kappa shape index (κ2) is 8.79. The summed E-state index contributed by atoms with van der Waals surface area (Å²) in [5, 5.41) is 0. The van der Waals surface area contributed by atoms with E-state index in [9.17, 15) is 0 Å². The van der Waals surface area contributed by atoms with Gasteiger partial charge in [0.15, 0.2) is 0 Å². The summed E-state index contributed by atoms with van der Waals surface area (Å²) >= 11 is -2.28. The fourth-order valence-electron chi connectivity index (χ4n) is 5.26. The van der Waals surface area contributed by atoms with E-state index >= 15 is 0 Å². The summed E-state index contributed by atoms with van der Waals surface area (Å²) in [6.45, 7) is 4.74. The average molecular weight is 500 g/mol. The van der Waals surface area contributed by atoms with Gasteiger partial charge in [0.25, 0.3) is 0 Å². The van der Waals surface area contributed by atoms with Gasteiger partial charge in [-0.3, -0.25) is 0 Å². The second-order valence-corrected chi connectivity index (χ2v) is 16.0. The van der Waals surface area contributed by atoms with Crippen LogP contribution in [0, 0.1) is 0 Å². The molecule has 3 aromatic carbocycles. The molecule has 0 saturated carbocycles. The molecule has 0 aliphatic heterocycles. The van der Waals surface area contributed by atoms with Crippen molar-refractivity contribution in [3.63, 3.8) is 0 Å². The molecule has 2 aliphatic carbocycles. The van der Waals surface area contributed by atoms with Crippen molar-refractivity contribution in [2.24, 2.45) is 0 Å². The number of rotatable bonds is 5. The Morgan fingerprint density at radius 3 is 2.06 bits per heavy atom. The van der Waals surface area contributed by atoms with Gasteiger partial charge in [0.05, 0.1) is 0 Å². The van der Waals surface area contributed by atoms with Crippen molar-refractivity contribution in [1.29, 1.82) is 0 Å². The van der Waals surface area contributed by atoms with Gasteiger partial charge in [-0.1, -0.05) is 0 Å². The predicted molar refractivity (Wildman–Crippen MR) is 130 cm³/mol. The molecule has 0 fully saturated rings. The average Bonchev–Trinajstić information content (AvgIpc) is 3.43. The topological polar surface area (TPSA) is 18.5 Å². The molecule has 160 valence electrons. The predicted octanol–water partition coefficient (Wildman–Crippen LogP) is 6.98.